The minimum absolute atomic E-state index is 0.0163. The van der Waals surface area contributed by atoms with Crippen molar-refractivity contribution < 1.29 is 24.5 Å². The number of rotatable bonds is 4. The topological polar surface area (TPSA) is 83.8 Å². The summed E-state index contributed by atoms with van der Waals surface area (Å²) in [5.41, 5.74) is 0. The summed E-state index contributed by atoms with van der Waals surface area (Å²) in [6.07, 6.45) is 0. The van der Waals surface area contributed by atoms with Crippen LogP contribution in [-0.4, -0.2) is 28.8 Å². The monoisotopic (exact) mass is 302 g/mol. The Labute approximate surface area is 123 Å². The summed E-state index contributed by atoms with van der Waals surface area (Å²) < 4.78 is 5.98. The molecule has 0 fully saturated rings. The van der Waals surface area contributed by atoms with Crippen molar-refractivity contribution in [3.05, 3.63) is 41.3 Å². The molecule has 1 aromatic heterocycles. The first-order valence-corrected chi connectivity index (χ1v) is 6.91. The molecule has 6 heteroatoms. The van der Waals surface area contributed by atoms with E-state index in [4.69, 9.17) is 9.84 Å². The number of hydrogen-bond acceptors (Lipinski definition) is 4. The lowest BCUT2D eigenvalue weighted by Gasteiger charge is -2.04. The average molecular weight is 302 g/mol. The Hall–Kier alpha value is -2.60. The van der Waals surface area contributed by atoms with Gasteiger partial charge in [0, 0.05) is 10.1 Å². The lowest BCUT2D eigenvalue weighted by atomic mass is 10.1. The number of benzene rings is 2. The van der Waals surface area contributed by atoms with Gasteiger partial charge in [-0.25, -0.2) is 9.59 Å². The lowest BCUT2D eigenvalue weighted by Crippen LogP contribution is -2.10. The normalized spacial score (nSPS) is 10.9. The molecule has 0 aliphatic heterocycles. The summed E-state index contributed by atoms with van der Waals surface area (Å²) in [7, 11) is 0. The van der Waals surface area contributed by atoms with E-state index in [0.717, 1.165) is 26.8 Å². The minimum Gasteiger partial charge on any atom is -0.479 e. The molecule has 3 rings (SSSR count). The first kappa shape index (κ1) is 13.4. The molecule has 21 heavy (non-hydrogen) atoms. The quantitative estimate of drug-likeness (QED) is 0.773. The Morgan fingerprint density at radius 1 is 1.05 bits per heavy atom. The van der Waals surface area contributed by atoms with E-state index < -0.39 is 18.5 Å². The summed E-state index contributed by atoms with van der Waals surface area (Å²) in [6, 6.07) is 11.2. The summed E-state index contributed by atoms with van der Waals surface area (Å²) in [6.45, 7) is -0.570. The largest absolute Gasteiger partial charge is 0.479 e. The molecule has 1 heterocycles. The van der Waals surface area contributed by atoms with Crippen LogP contribution < -0.4 is 4.74 Å². The molecule has 2 aromatic carbocycles. The van der Waals surface area contributed by atoms with Crippen molar-refractivity contribution in [3.63, 3.8) is 0 Å². The Balaban J connectivity index is 2.28. The number of aliphatic carboxylic acids is 1. The van der Waals surface area contributed by atoms with Crippen molar-refractivity contribution in [2.75, 3.05) is 6.61 Å². The van der Waals surface area contributed by atoms with Gasteiger partial charge in [0.05, 0.1) is 0 Å². The molecule has 106 valence electrons. The third-order valence-corrected chi connectivity index (χ3v) is 4.28. The highest BCUT2D eigenvalue weighted by Gasteiger charge is 2.21. The maximum absolute atomic E-state index is 11.4. The van der Waals surface area contributed by atoms with Gasteiger partial charge in [0.2, 0.25) is 0 Å². The van der Waals surface area contributed by atoms with Crippen molar-refractivity contribution in [1.29, 1.82) is 0 Å². The third-order valence-electron chi connectivity index (χ3n) is 3.07. The second-order valence-corrected chi connectivity index (χ2v) is 5.43. The Morgan fingerprint density at radius 2 is 1.81 bits per heavy atom. The van der Waals surface area contributed by atoms with Crippen LogP contribution in [0.4, 0.5) is 0 Å². The maximum atomic E-state index is 11.4. The molecule has 0 atom stereocenters. The Kier molecular flexibility index (Phi) is 3.23. The van der Waals surface area contributed by atoms with Gasteiger partial charge in [-0.2, -0.15) is 0 Å². The van der Waals surface area contributed by atoms with Gasteiger partial charge in [-0.15, -0.1) is 11.3 Å². The van der Waals surface area contributed by atoms with Crippen LogP contribution in [0.5, 0.6) is 5.75 Å². The van der Waals surface area contributed by atoms with Gasteiger partial charge >= 0.3 is 11.9 Å². The van der Waals surface area contributed by atoms with Crippen LogP contribution in [0.15, 0.2) is 36.4 Å². The SMILES string of the molecule is O=C(O)COc1c(C(=O)O)sc2c1ccc1ccccc12. The van der Waals surface area contributed by atoms with E-state index in [1.54, 1.807) is 6.07 Å². The minimum atomic E-state index is -1.15. The highest BCUT2D eigenvalue weighted by atomic mass is 32.1. The van der Waals surface area contributed by atoms with E-state index in [0.29, 0.717) is 5.39 Å². The highest BCUT2D eigenvalue weighted by Crippen LogP contribution is 2.41. The van der Waals surface area contributed by atoms with E-state index in [-0.39, 0.29) is 10.6 Å². The predicted molar refractivity (Wildman–Crippen MR) is 79.4 cm³/mol. The van der Waals surface area contributed by atoms with Crippen molar-refractivity contribution >= 4 is 44.1 Å². The second kappa shape index (κ2) is 5.06. The number of hydrogen-bond donors (Lipinski definition) is 2. The van der Waals surface area contributed by atoms with E-state index in [1.165, 1.54) is 0 Å². The van der Waals surface area contributed by atoms with Crippen LogP contribution in [0.3, 0.4) is 0 Å². The third kappa shape index (κ3) is 2.30. The molecule has 0 bridgehead atoms. The molecule has 0 saturated carbocycles. The van der Waals surface area contributed by atoms with Crippen LogP contribution in [-0.2, 0) is 4.79 Å². The fraction of sp³-hybridized carbons (Fsp3) is 0.0667. The summed E-state index contributed by atoms with van der Waals surface area (Å²) >= 11 is 1.10. The van der Waals surface area contributed by atoms with Crippen LogP contribution in [0.1, 0.15) is 9.67 Å². The summed E-state index contributed by atoms with van der Waals surface area (Å²) in [5.74, 6) is -2.15. The number of carboxylic acids is 2. The predicted octanol–water partition coefficient (Wildman–Crippen LogP) is 3.22. The van der Waals surface area contributed by atoms with Crippen LogP contribution >= 0.6 is 11.3 Å². The van der Waals surface area contributed by atoms with Crippen molar-refractivity contribution in [3.8, 4) is 5.75 Å². The molecule has 3 aromatic rings. The second-order valence-electron chi connectivity index (χ2n) is 4.41. The maximum Gasteiger partial charge on any atom is 0.349 e. The number of carbonyl (C=O) groups is 2. The number of aromatic carboxylic acids is 1. The van der Waals surface area contributed by atoms with Crippen LogP contribution in [0.2, 0.25) is 0 Å². The van der Waals surface area contributed by atoms with Gasteiger partial charge in [-0.3, -0.25) is 0 Å². The number of fused-ring (bicyclic) bond motifs is 3. The van der Waals surface area contributed by atoms with Gasteiger partial charge in [0.1, 0.15) is 0 Å². The fourth-order valence-corrected chi connectivity index (χ4v) is 3.34. The van der Waals surface area contributed by atoms with Gasteiger partial charge in [0.25, 0.3) is 0 Å². The molecule has 0 unspecified atom stereocenters. The highest BCUT2D eigenvalue weighted by molar-refractivity contribution is 7.22. The van der Waals surface area contributed by atoms with Gasteiger partial charge in [-0.1, -0.05) is 30.3 Å². The molecule has 0 aliphatic carbocycles. The fourth-order valence-electron chi connectivity index (χ4n) is 2.22. The first-order chi connectivity index (χ1) is 10.1. The molecule has 0 saturated heterocycles. The molecule has 0 radical (unpaired) electrons. The van der Waals surface area contributed by atoms with Crippen LogP contribution in [0.25, 0.3) is 20.9 Å². The van der Waals surface area contributed by atoms with Gasteiger partial charge in [-0.05, 0) is 16.8 Å². The zero-order chi connectivity index (χ0) is 15.0. The number of ether oxygens (including phenoxy) is 1. The van der Waals surface area contributed by atoms with Crippen LogP contribution in [0, 0.1) is 0 Å². The van der Waals surface area contributed by atoms with Crippen molar-refractivity contribution in [1.82, 2.24) is 0 Å². The van der Waals surface area contributed by atoms with E-state index in [2.05, 4.69) is 0 Å². The summed E-state index contributed by atoms with van der Waals surface area (Å²) in [5, 5.41) is 20.5. The smallest absolute Gasteiger partial charge is 0.349 e. The number of thiophene rings is 1. The molecular formula is C15H10O5S. The van der Waals surface area contributed by atoms with Crippen molar-refractivity contribution in [2.24, 2.45) is 0 Å². The molecule has 2 N–H and O–H groups in total. The first-order valence-electron chi connectivity index (χ1n) is 6.10. The number of carboxylic acid groups (broad SMARTS) is 2. The zero-order valence-corrected chi connectivity index (χ0v) is 11.5. The van der Waals surface area contributed by atoms with Gasteiger partial charge < -0.3 is 14.9 Å². The van der Waals surface area contributed by atoms with Gasteiger partial charge in [0.15, 0.2) is 17.2 Å². The molecule has 0 amide bonds. The molecular weight excluding hydrogens is 292 g/mol. The molecule has 0 spiro atoms. The molecule has 5 nitrogen and oxygen atoms in total. The van der Waals surface area contributed by atoms with E-state index in [9.17, 15) is 14.7 Å². The Bertz CT molecular complexity index is 865. The van der Waals surface area contributed by atoms with E-state index in [1.807, 2.05) is 30.3 Å². The lowest BCUT2D eigenvalue weighted by molar-refractivity contribution is -0.139. The standard InChI is InChI=1S/C15H10O5S/c16-11(17)7-20-12-10-6-5-8-3-1-2-4-9(8)13(10)21-14(12)15(18)19/h1-6H,7H2,(H,16,17)(H,18,19). The Morgan fingerprint density at radius 3 is 2.52 bits per heavy atom. The molecule has 0 aliphatic rings. The summed E-state index contributed by atoms with van der Waals surface area (Å²) in [4.78, 5) is 22.0. The average Bonchev–Trinajstić information content (AvgIpc) is 2.84. The van der Waals surface area contributed by atoms with Crippen molar-refractivity contribution in [2.45, 2.75) is 0 Å². The van der Waals surface area contributed by atoms with E-state index >= 15 is 0 Å². The zero-order valence-electron chi connectivity index (χ0n) is 10.7.